The molecule has 0 bridgehead atoms. The Labute approximate surface area is 146 Å². The molecule has 2 amide bonds. The number of ether oxygens (including phenoxy) is 1. The van der Waals surface area contributed by atoms with Crippen LogP contribution in [0.5, 0.6) is 5.88 Å². The second-order valence-electron chi connectivity index (χ2n) is 5.93. The van der Waals surface area contributed by atoms with Crippen LogP contribution < -0.4 is 15.0 Å². The fourth-order valence-corrected chi connectivity index (χ4v) is 2.90. The summed E-state index contributed by atoms with van der Waals surface area (Å²) < 4.78 is 5.01. The number of aromatic nitrogens is 3. The predicted molar refractivity (Wildman–Crippen MR) is 94.8 cm³/mol. The summed E-state index contributed by atoms with van der Waals surface area (Å²) in [6.45, 7) is 1.40. The number of methoxy groups -OCH3 is 1. The van der Waals surface area contributed by atoms with Gasteiger partial charge in [0.2, 0.25) is 5.88 Å². The van der Waals surface area contributed by atoms with Gasteiger partial charge in [-0.05, 0) is 31.0 Å². The molecule has 0 spiro atoms. The number of carbonyl (C=O) groups excluding carboxylic acids is 1. The predicted octanol–water partition coefficient (Wildman–Crippen LogP) is 2.01. The number of urea groups is 1. The largest absolute Gasteiger partial charge is 0.481 e. The molecule has 0 aromatic carbocycles. The van der Waals surface area contributed by atoms with Crippen molar-refractivity contribution in [2.75, 3.05) is 37.5 Å². The van der Waals surface area contributed by atoms with Crippen molar-refractivity contribution in [2.45, 2.75) is 18.9 Å². The molecule has 132 valence electrons. The molecule has 0 aliphatic carbocycles. The number of hydrogen-bond donors (Lipinski definition) is 1. The summed E-state index contributed by atoms with van der Waals surface area (Å²) in [4.78, 5) is 20.4. The van der Waals surface area contributed by atoms with Crippen LogP contribution in [0.15, 0.2) is 36.7 Å². The zero-order chi connectivity index (χ0) is 17.6. The van der Waals surface area contributed by atoms with Gasteiger partial charge in [0.25, 0.3) is 0 Å². The van der Waals surface area contributed by atoms with Crippen LogP contribution in [-0.4, -0.2) is 59.4 Å². The Morgan fingerprint density at radius 2 is 2.12 bits per heavy atom. The number of rotatable bonds is 4. The van der Waals surface area contributed by atoms with E-state index in [9.17, 15) is 4.79 Å². The van der Waals surface area contributed by atoms with Crippen LogP contribution in [0.2, 0.25) is 0 Å². The van der Waals surface area contributed by atoms with E-state index in [4.69, 9.17) is 4.74 Å². The smallest absolute Gasteiger partial charge is 0.321 e. The molecule has 3 heterocycles. The standard InChI is InChI=1S/C17H22N6O2/c1-22(15-4-3-9-19-21-15)14-7-10-23(11-8-14)17(24)20-13-5-6-16(25-2)18-12-13/h3-6,9,12,14H,7-8,10-11H2,1-2H3,(H,20,24). The van der Waals surface area contributed by atoms with Crippen molar-refractivity contribution >= 4 is 17.5 Å². The Bertz CT molecular complexity index is 686. The number of nitrogens with zero attached hydrogens (tertiary/aromatic N) is 5. The van der Waals surface area contributed by atoms with E-state index in [-0.39, 0.29) is 6.03 Å². The molecule has 8 nitrogen and oxygen atoms in total. The second-order valence-corrected chi connectivity index (χ2v) is 5.93. The van der Waals surface area contributed by atoms with E-state index < -0.39 is 0 Å². The van der Waals surface area contributed by atoms with Gasteiger partial charge in [-0.25, -0.2) is 9.78 Å². The third-order valence-corrected chi connectivity index (χ3v) is 4.42. The maximum atomic E-state index is 12.4. The summed E-state index contributed by atoms with van der Waals surface area (Å²) in [5, 5.41) is 10.9. The van der Waals surface area contributed by atoms with E-state index in [0.717, 1.165) is 18.7 Å². The highest BCUT2D eigenvalue weighted by molar-refractivity contribution is 5.89. The lowest BCUT2D eigenvalue weighted by Crippen LogP contribution is -2.47. The molecule has 1 fully saturated rings. The number of carbonyl (C=O) groups is 1. The molecule has 1 aliphatic rings. The Kier molecular flexibility index (Phi) is 5.27. The SMILES string of the molecule is COc1ccc(NC(=O)N2CCC(N(C)c3cccnn3)CC2)cn1. The van der Waals surface area contributed by atoms with Crippen LogP contribution in [-0.2, 0) is 0 Å². The van der Waals surface area contributed by atoms with Gasteiger partial charge in [-0.3, -0.25) is 0 Å². The minimum absolute atomic E-state index is 0.104. The van der Waals surface area contributed by atoms with E-state index in [1.807, 2.05) is 24.1 Å². The van der Waals surface area contributed by atoms with Crippen LogP contribution in [0.25, 0.3) is 0 Å². The van der Waals surface area contributed by atoms with E-state index in [0.29, 0.717) is 30.7 Å². The van der Waals surface area contributed by atoms with Gasteiger partial charge in [0.15, 0.2) is 5.82 Å². The van der Waals surface area contributed by atoms with E-state index >= 15 is 0 Å². The number of pyridine rings is 1. The number of nitrogens with one attached hydrogen (secondary N) is 1. The van der Waals surface area contributed by atoms with Crippen LogP contribution >= 0.6 is 0 Å². The summed E-state index contributed by atoms with van der Waals surface area (Å²) in [6, 6.07) is 7.57. The molecule has 25 heavy (non-hydrogen) atoms. The number of hydrogen-bond acceptors (Lipinski definition) is 6. The summed E-state index contributed by atoms with van der Waals surface area (Å²) in [5.74, 6) is 1.38. The van der Waals surface area contributed by atoms with E-state index in [1.54, 1.807) is 31.6 Å². The third kappa shape index (κ3) is 4.14. The maximum absolute atomic E-state index is 12.4. The quantitative estimate of drug-likeness (QED) is 0.915. The monoisotopic (exact) mass is 342 g/mol. The second kappa shape index (κ2) is 7.78. The van der Waals surface area contributed by atoms with Gasteiger partial charge in [0, 0.05) is 38.4 Å². The first-order chi connectivity index (χ1) is 12.2. The molecule has 3 rings (SSSR count). The highest BCUT2D eigenvalue weighted by Crippen LogP contribution is 2.20. The molecule has 0 radical (unpaired) electrons. The normalized spacial score (nSPS) is 14.9. The van der Waals surface area contributed by atoms with E-state index in [2.05, 4.69) is 25.4 Å². The van der Waals surface area contributed by atoms with Crippen molar-refractivity contribution in [3.05, 3.63) is 36.7 Å². The Balaban J connectivity index is 1.52. The molecule has 0 unspecified atom stereocenters. The molecule has 1 saturated heterocycles. The first-order valence-electron chi connectivity index (χ1n) is 8.24. The molecule has 0 saturated carbocycles. The number of amides is 2. The van der Waals surface area contributed by atoms with Crippen molar-refractivity contribution in [1.82, 2.24) is 20.1 Å². The lowest BCUT2D eigenvalue weighted by atomic mass is 10.0. The van der Waals surface area contributed by atoms with Gasteiger partial charge in [0.05, 0.1) is 19.0 Å². The Morgan fingerprint density at radius 3 is 2.72 bits per heavy atom. The number of anilines is 2. The molecular weight excluding hydrogens is 320 g/mol. The summed E-state index contributed by atoms with van der Waals surface area (Å²) in [6.07, 6.45) is 5.03. The first-order valence-corrected chi connectivity index (χ1v) is 8.24. The third-order valence-electron chi connectivity index (χ3n) is 4.42. The molecule has 1 N–H and O–H groups in total. The number of piperidine rings is 1. The van der Waals surface area contributed by atoms with Crippen molar-refractivity contribution < 1.29 is 9.53 Å². The fraction of sp³-hybridized carbons (Fsp3) is 0.412. The van der Waals surface area contributed by atoms with Gasteiger partial charge >= 0.3 is 6.03 Å². The molecule has 1 aliphatic heterocycles. The van der Waals surface area contributed by atoms with Crippen LogP contribution in [0.4, 0.5) is 16.3 Å². The van der Waals surface area contributed by atoms with Crippen LogP contribution in [0.3, 0.4) is 0 Å². The summed E-state index contributed by atoms with van der Waals surface area (Å²) >= 11 is 0. The van der Waals surface area contributed by atoms with Gasteiger partial charge in [0.1, 0.15) is 0 Å². The lowest BCUT2D eigenvalue weighted by molar-refractivity contribution is 0.194. The van der Waals surface area contributed by atoms with Crippen LogP contribution in [0.1, 0.15) is 12.8 Å². The van der Waals surface area contributed by atoms with Gasteiger partial charge < -0.3 is 19.9 Å². The van der Waals surface area contributed by atoms with Crippen molar-refractivity contribution in [2.24, 2.45) is 0 Å². The minimum Gasteiger partial charge on any atom is -0.481 e. The fourth-order valence-electron chi connectivity index (χ4n) is 2.90. The topological polar surface area (TPSA) is 83.5 Å². The maximum Gasteiger partial charge on any atom is 0.321 e. The average molecular weight is 342 g/mol. The van der Waals surface area contributed by atoms with E-state index in [1.165, 1.54) is 0 Å². The highest BCUT2D eigenvalue weighted by Gasteiger charge is 2.26. The van der Waals surface area contributed by atoms with Crippen molar-refractivity contribution in [3.8, 4) is 5.88 Å². The number of likely N-dealkylation sites (tertiary alicyclic amines) is 1. The zero-order valence-electron chi connectivity index (χ0n) is 14.4. The van der Waals surface area contributed by atoms with Crippen molar-refractivity contribution in [1.29, 1.82) is 0 Å². The van der Waals surface area contributed by atoms with Gasteiger partial charge in [-0.2, -0.15) is 5.10 Å². The Hall–Kier alpha value is -2.90. The highest BCUT2D eigenvalue weighted by atomic mass is 16.5. The Morgan fingerprint density at radius 1 is 1.32 bits per heavy atom. The molecular formula is C17H22N6O2. The van der Waals surface area contributed by atoms with Crippen molar-refractivity contribution in [3.63, 3.8) is 0 Å². The first kappa shape index (κ1) is 16.9. The molecule has 2 aromatic rings. The summed E-state index contributed by atoms with van der Waals surface area (Å²) in [7, 11) is 3.58. The van der Waals surface area contributed by atoms with Gasteiger partial charge in [-0.1, -0.05) is 0 Å². The van der Waals surface area contributed by atoms with Gasteiger partial charge in [-0.15, -0.1) is 5.10 Å². The molecule has 0 atom stereocenters. The van der Waals surface area contributed by atoms with Crippen LogP contribution in [0, 0.1) is 0 Å². The summed E-state index contributed by atoms with van der Waals surface area (Å²) in [5.41, 5.74) is 0.657. The lowest BCUT2D eigenvalue weighted by Gasteiger charge is -2.37. The molecule has 8 heteroatoms. The average Bonchev–Trinajstić information content (AvgIpc) is 2.69. The minimum atomic E-state index is -0.104. The zero-order valence-corrected chi connectivity index (χ0v) is 14.4. The molecule has 2 aromatic heterocycles.